The molecule has 128 valence electrons. The third-order valence-electron chi connectivity index (χ3n) is 3.32. The van der Waals surface area contributed by atoms with Crippen LogP contribution in [0.2, 0.25) is 0 Å². The van der Waals surface area contributed by atoms with Gasteiger partial charge >= 0.3 is 6.18 Å². The number of rotatable bonds is 9. The van der Waals surface area contributed by atoms with Crippen molar-refractivity contribution in [3.8, 4) is 0 Å². The average molecular weight is 330 g/mol. The molecule has 0 radical (unpaired) electrons. The molecule has 0 aromatic heterocycles. The number of carbonyl (C=O) groups excluding carboxylic acids is 2. The number of primary amides is 1. The fourth-order valence-electron chi connectivity index (χ4n) is 2.08. The van der Waals surface area contributed by atoms with Crippen LogP contribution < -0.4 is 11.1 Å². The highest BCUT2D eigenvalue weighted by Crippen LogP contribution is 2.29. The Balaban J connectivity index is 2.20. The molecular formula is C16H21F3N2O2. The van der Waals surface area contributed by atoms with Crippen LogP contribution in [0.1, 0.15) is 50.5 Å². The monoisotopic (exact) mass is 330 g/mol. The zero-order valence-electron chi connectivity index (χ0n) is 12.8. The van der Waals surface area contributed by atoms with Gasteiger partial charge in [-0.2, -0.15) is 13.2 Å². The summed E-state index contributed by atoms with van der Waals surface area (Å²) in [7, 11) is 0. The minimum atomic E-state index is -4.38. The number of nitrogens with two attached hydrogens (primary N) is 1. The predicted octanol–water partition coefficient (Wildman–Crippen LogP) is 3.86. The van der Waals surface area contributed by atoms with Crippen molar-refractivity contribution >= 4 is 17.5 Å². The molecule has 0 aliphatic carbocycles. The van der Waals surface area contributed by atoms with Gasteiger partial charge < -0.3 is 11.1 Å². The van der Waals surface area contributed by atoms with E-state index < -0.39 is 11.7 Å². The zero-order chi connectivity index (χ0) is 17.3. The summed E-state index contributed by atoms with van der Waals surface area (Å²) in [5, 5.41) is 2.57. The van der Waals surface area contributed by atoms with Crippen LogP contribution in [0.15, 0.2) is 24.3 Å². The predicted molar refractivity (Wildman–Crippen MR) is 81.6 cm³/mol. The van der Waals surface area contributed by atoms with Gasteiger partial charge in [-0.05, 0) is 37.1 Å². The van der Waals surface area contributed by atoms with Crippen LogP contribution in [0.5, 0.6) is 0 Å². The maximum absolute atomic E-state index is 12.4. The molecule has 0 atom stereocenters. The first-order valence-electron chi connectivity index (χ1n) is 7.54. The van der Waals surface area contributed by atoms with E-state index in [2.05, 4.69) is 5.32 Å². The van der Waals surface area contributed by atoms with Crippen molar-refractivity contribution in [2.75, 3.05) is 5.32 Å². The molecule has 0 spiro atoms. The molecular weight excluding hydrogens is 309 g/mol. The second kappa shape index (κ2) is 9.17. The SMILES string of the molecule is NC(=O)CCCCCCCC(=O)Nc1ccc(C(F)(F)F)cc1. The number of alkyl halides is 3. The first kappa shape index (κ1) is 19.0. The van der Waals surface area contributed by atoms with Gasteiger partial charge in [-0.3, -0.25) is 9.59 Å². The zero-order valence-corrected chi connectivity index (χ0v) is 12.8. The first-order valence-corrected chi connectivity index (χ1v) is 7.54. The van der Waals surface area contributed by atoms with E-state index in [0.29, 0.717) is 24.9 Å². The van der Waals surface area contributed by atoms with Gasteiger partial charge in [0.05, 0.1) is 5.56 Å². The third-order valence-corrected chi connectivity index (χ3v) is 3.32. The van der Waals surface area contributed by atoms with E-state index >= 15 is 0 Å². The number of amides is 2. The van der Waals surface area contributed by atoms with E-state index in [1.54, 1.807) is 0 Å². The van der Waals surface area contributed by atoms with Crippen LogP contribution >= 0.6 is 0 Å². The second-order valence-electron chi connectivity index (χ2n) is 5.36. The molecule has 0 unspecified atom stereocenters. The van der Waals surface area contributed by atoms with Crippen molar-refractivity contribution in [3.63, 3.8) is 0 Å². The van der Waals surface area contributed by atoms with Crippen LogP contribution in [0.25, 0.3) is 0 Å². The lowest BCUT2D eigenvalue weighted by Crippen LogP contribution is -2.11. The highest BCUT2D eigenvalue weighted by Gasteiger charge is 2.29. The standard InChI is InChI=1S/C16H21F3N2O2/c17-16(18,19)12-8-10-13(11-9-12)21-15(23)7-5-3-1-2-4-6-14(20)22/h8-11H,1-7H2,(H2,20,22)(H,21,23). The van der Waals surface area contributed by atoms with Gasteiger partial charge in [-0.1, -0.05) is 19.3 Å². The van der Waals surface area contributed by atoms with Gasteiger partial charge in [-0.15, -0.1) is 0 Å². The van der Waals surface area contributed by atoms with E-state index in [0.717, 1.165) is 37.8 Å². The molecule has 1 rings (SSSR count). The van der Waals surface area contributed by atoms with E-state index in [1.165, 1.54) is 12.1 Å². The first-order chi connectivity index (χ1) is 10.8. The quantitative estimate of drug-likeness (QED) is 0.675. The number of anilines is 1. The van der Waals surface area contributed by atoms with Crippen molar-refractivity contribution in [2.24, 2.45) is 5.73 Å². The topological polar surface area (TPSA) is 72.2 Å². The lowest BCUT2D eigenvalue weighted by molar-refractivity contribution is -0.137. The fourth-order valence-corrected chi connectivity index (χ4v) is 2.08. The maximum Gasteiger partial charge on any atom is 0.416 e. The largest absolute Gasteiger partial charge is 0.416 e. The number of nitrogens with one attached hydrogen (secondary N) is 1. The van der Waals surface area contributed by atoms with Crippen LogP contribution in [0.4, 0.5) is 18.9 Å². The van der Waals surface area contributed by atoms with E-state index in [4.69, 9.17) is 5.73 Å². The maximum atomic E-state index is 12.4. The Hall–Kier alpha value is -2.05. The Labute approximate surface area is 133 Å². The Kier molecular flexibility index (Phi) is 7.57. The number of unbranched alkanes of at least 4 members (excludes halogenated alkanes) is 4. The summed E-state index contributed by atoms with van der Waals surface area (Å²) in [5.41, 5.74) is 4.63. The van der Waals surface area contributed by atoms with E-state index in [1.807, 2.05) is 0 Å². The van der Waals surface area contributed by atoms with Crippen molar-refractivity contribution in [1.82, 2.24) is 0 Å². The number of hydrogen-bond donors (Lipinski definition) is 2. The minimum absolute atomic E-state index is 0.220. The van der Waals surface area contributed by atoms with E-state index in [-0.39, 0.29) is 11.8 Å². The van der Waals surface area contributed by atoms with Crippen LogP contribution in [-0.4, -0.2) is 11.8 Å². The number of carbonyl (C=O) groups is 2. The van der Waals surface area contributed by atoms with Gasteiger partial charge in [-0.25, -0.2) is 0 Å². The van der Waals surface area contributed by atoms with Crippen LogP contribution in [0.3, 0.4) is 0 Å². The van der Waals surface area contributed by atoms with Gasteiger partial charge in [0.1, 0.15) is 0 Å². The molecule has 0 saturated heterocycles. The Bertz CT molecular complexity index is 513. The van der Waals surface area contributed by atoms with Gasteiger partial charge in [0.15, 0.2) is 0 Å². The van der Waals surface area contributed by atoms with Crippen molar-refractivity contribution in [1.29, 1.82) is 0 Å². The molecule has 23 heavy (non-hydrogen) atoms. The highest BCUT2D eigenvalue weighted by atomic mass is 19.4. The summed E-state index contributed by atoms with van der Waals surface area (Å²) in [6.07, 6.45) is 0.446. The molecule has 0 bridgehead atoms. The summed E-state index contributed by atoms with van der Waals surface area (Å²) in [6.45, 7) is 0. The molecule has 3 N–H and O–H groups in total. The Morgan fingerprint density at radius 1 is 0.913 bits per heavy atom. The molecule has 2 amide bonds. The Morgan fingerprint density at radius 2 is 1.43 bits per heavy atom. The highest BCUT2D eigenvalue weighted by molar-refractivity contribution is 5.90. The van der Waals surface area contributed by atoms with Crippen LogP contribution in [-0.2, 0) is 15.8 Å². The summed E-state index contributed by atoms with van der Waals surface area (Å²) in [6, 6.07) is 4.36. The fraction of sp³-hybridized carbons (Fsp3) is 0.500. The summed E-state index contributed by atoms with van der Waals surface area (Å²) in [5.74, 6) is -0.525. The van der Waals surface area contributed by atoms with Crippen molar-refractivity contribution in [3.05, 3.63) is 29.8 Å². The number of hydrogen-bond acceptors (Lipinski definition) is 2. The number of halogens is 3. The summed E-state index contributed by atoms with van der Waals surface area (Å²) >= 11 is 0. The number of benzene rings is 1. The molecule has 0 aliphatic rings. The minimum Gasteiger partial charge on any atom is -0.370 e. The van der Waals surface area contributed by atoms with Crippen molar-refractivity contribution < 1.29 is 22.8 Å². The summed E-state index contributed by atoms with van der Waals surface area (Å²) in [4.78, 5) is 22.2. The Morgan fingerprint density at radius 3 is 1.96 bits per heavy atom. The molecule has 0 heterocycles. The normalized spacial score (nSPS) is 11.3. The van der Waals surface area contributed by atoms with Crippen molar-refractivity contribution in [2.45, 2.75) is 51.1 Å². The lowest BCUT2D eigenvalue weighted by atomic mass is 10.1. The summed E-state index contributed by atoms with van der Waals surface area (Å²) < 4.78 is 37.2. The average Bonchev–Trinajstić information content (AvgIpc) is 2.45. The molecule has 0 aliphatic heterocycles. The van der Waals surface area contributed by atoms with Gasteiger partial charge in [0, 0.05) is 18.5 Å². The third kappa shape index (κ3) is 8.23. The van der Waals surface area contributed by atoms with Gasteiger partial charge in [0.25, 0.3) is 0 Å². The molecule has 1 aromatic rings. The second-order valence-corrected chi connectivity index (χ2v) is 5.36. The lowest BCUT2D eigenvalue weighted by Gasteiger charge is -2.08. The van der Waals surface area contributed by atoms with Gasteiger partial charge in [0.2, 0.25) is 11.8 Å². The molecule has 0 saturated carbocycles. The van der Waals surface area contributed by atoms with E-state index in [9.17, 15) is 22.8 Å². The van der Waals surface area contributed by atoms with Crippen LogP contribution in [0, 0.1) is 0 Å². The molecule has 7 heteroatoms. The molecule has 1 aromatic carbocycles. The smallest absolute Gasteiger partial charge is 0.370 e. The molecule has 0 fully saturated rings. The molecule has 4 nitrogen and oxygen atoms in total.